The van der Waals surface area contributed by atoms with E-state index in [9.17, 15) is 4.79 Å². The molecule has 0 radical (unpaired) electrons. The van der Waals surface area contributed by atoms with Crippen LogP contribution in [0, 0.1) is 20.8 Å². The van der Waals surface area contributed by atoms with E-state index in [1.807, 2.05) is 80.9 Å². The second kappa shape index (κ2) is 8.89. The molecule has 2 aromatic carbocycles. The lowest BCUT2D eigenvalue weighted by molar-refractivity contribution is 0.0985. The molecule has 31 heavy (non-hydrogen) atoms. The van der Waals surface area contributed by atoms with Crippen LogP contribution in [0.5, 0.6) is 5.75 Å². The fourth-order valence-electron chi connectivity index (χ4n) is 3.53. The monoisotopic (exact) mass is 434 g/mol. The van der Waals surface area contributed by atoms with Gasteiger partial charge in [-0.15, -0.1) is 0 Å². The molecular weight excluding hydrogens is 408 g/mol. The third-order valence-corrected chi connectivity index (χ3v) is 6.13. The predicted molar refractivity (Wildman–Crippen MR) is 125 cm³/mol. The number of aryl methyl sites for hydroxylation is 3. The van der Waals surface area contributed by atoms with Gasteiger partial charge in [-0.25, -0.2) is 4.98 Å². The zero-order chi connectivity index (χ0) is 22.0. The number of hydrogen-bond acceptors (Lipinski definition) is 5. The molecule has 2 aromatic heterocycles. The minimum absolute atomic E-state index is 0.0708. The van der Waals surface area contributed by atoms with Gasteiger partial charge in [0.25, 0.3) is 5.91 Å². The Hall–Kier alpha value is -3.19. The van der Waals surface area contributed by atoms with Crippen LogP contribution in [0.1, 0.15) is 34.2 Å². The molecule has 0 spiro atoms. The summed E-state index contributed by atoms with van der Waals surface area (Å²) in [5.41, 5.74) is 4.59. The van der Waals surface area contributed by atoms with Gasteiger partial charge >= 0.3 is 0 Å². The van der Waals surface area contributed by atoms with E-state index in [4.69, 9.17) is 9.72 Å². The van der Waals surface area contributed by atoms with Crippen molar-refractivity contribution < 1.29 is 9.53 Å². The summed E-state index contributed by atoms with van der Waals surface area (Å²) in [4.78, 5) is 20.0. The molecule has 0 N–H and O–H groups in total. The first-order valence-electron chi connectivity index (χ1n) is 10.4. The first-order valence-corrected chi connectivity index (χ1v) is 11.2. The van der Waals surface area contributed by atoms with Crippen LogP contribution in [-0.2, 0) is 6.54 Å². The standard InChI is InChI=1S/C24H26N4O2S/c1-5-30-20-7-6-8-21-22(20)25-24(31-21)27(13-14-28-18(4)15-17(3)26-28)23(29)19-11-9-16(2)10-12-19/h6-12,15H,5,13-14H2,1-4H3. The van der Waals surface area contributed by atoms with Crippen molar-refractivity contribution in [2.24, 2.45) is 0 Å². The molecule has 4 rings (SSSR count). The number of hydrogen-bond donors (Lipinski definition) is 0. The maximum atomic E-state index is 13.5. The molecule has 7 heteroatoms. The number of fused-ring (bicyclic) bond motifs is 1. The number of amides is 1. The van der Waals surface area contributed by atoms with Crippen LogP contribution >= 0.6 is 11.3 Å². The van der Waals surface area contributed by atoms with Crippen molar-refractivity contribution in [3.63, 3.8) is 0 Å². The van der Waals surface area contributed by atoms with Crippen LogP contribution in [0.15, 0.2) is 48.5 Å². The Morgan fingerprint density at radius 3 is 2.58 bits per heavy atom. The van der Waals surface area contributed by atoms with Crippen molar-refractivity contribution in [2.75, 3.05) is 18.1 Å². The molecule has 0 atom stereocenters. The van der Waals surface area contributed by atoms with Crippen molar-refractivity contribution in [3.05, 3.63) is 71.0 Å². The summed E-state index contributed by atoms with van der Waals surface area (Å²) in [7, 11) is 0. The summed E-state index contributed by atoms with van der Waals surface area (Å²) >= 11 is 1.50. The number of para-hydroxylation sites is 1. The van der Waals surface area contributed by atoms with Crippen molar-refractivity contribution in [1.82, 2.24) is 14.8 Å². The summed E-state index contributed by atoms with van der Waals surface area (Å²) in [5.74, 6) is 0.669. The van der Waals surface area contributed by atoms with Crippen LogP contribution in [-0.4, -0.2) is 33.8 Å². The smallest absolute Gasteiger partial charge is 0.260 e. The Kier molecular flexibility index (Phi) is 6.04. The normalized spacial score (nSPS) is 11.1. The van der Waals surface area contributed by atoms with Gasteiger partial charge in [0.05, 0.1) is 23.5 Å². The lowest BCUT2D eigenvalue weighted by atomic mass is 10.1. The highest BCUT2D eigenvalue weighted by Crippen LogP contribution is 2.34. The minimum atomic E-state index is -0.0708. The zero-order valence-corrected chi connectivity index (χ0v) is 19.1. The van der Waals surface area contributed by atoms with Crippen molar-refractivity contribution in [1.29, 1.82) is 0 Å². The third kappa shape index (κ3) is 4.46. The van der Waals surface area contributed by atoms with E-state index in [0.29, 0.717) is 30.4 Å². The van der Waals surface area contributed by atoms with Gasteiger partial charge in [-0.3, -0.25) is 14.4 Å². The average molecular weight is 435 g/mol. The molecular formula is C24H26N4O2S. The number of benzene rings is 2. The molecule has 0 aliphatic heterocycles. The number of aromatic nitrogens is 3. The zero-order valence-electron chi connectivity index (χ0n) is 18.3. The summed E-state index contributed by atoms with van der Waals surface area (Å²) in [6, 6.07) is 15.6. The highest BCUT2D eigenvalue weighted by Gasteiger charge is 2.22. The van der Waals surface area contributed by atoms with E-state index in [-0.39, 0.29) is 5.91 Å². The largest absolute Gasteiger partial charge is 0.492 e. The summed E-state index contributed by atoms with van der Waals surface area (Å²) in [6.07, 6.45) is 0. The number of thiazole rings is 1. The fraction of sp³-hybridized carbons (Fsp3) is 0.292. The van der Waals surface area contributed by atoms with Crippen molar-refractivity contribution >= 4 is 32.6 Å². The van der Waals surface area contributed by atoms with E-state index in [2.05, 4.69) is 5.10 Å². The van der Waals surface area contributed by atoms with Gasteiger partial charge < -0.3 is 4.74 Å². The molecule has 0 saturated heterocycles. The SMILES string of the molecule is CCOc1cccc2sc(N(CCn3nc(C)cc3C)C(=O)c3ccc(C)cc3)nc12. The lowest BCUT2D eigenvalue weighted by Gasteiger charge is -2.20. The van der Waals surface area contributed by atoms with E-state index >= 15 is 0 Å². The van der Waals surface area contributed by atoms with E-state index in [0.717, 1.165) is 32.9 Å². The number of rotatable bonds is 7. The maximum absolute atomic E-state index is 13.5. The molecule has 2 heterocycles. The number of ether oxygens (including phenoxy) is 1. The Balaban J connectivity index is 1.71. The molecule has 0 aliphatic rings. The number of carbonyl (C=O) groups is 1. The van der Waals surface area contributed by atoms with Gasteiger partial charge in [-0.05, 0) is 58.0 Å². The highest BCUT2D eigenvalue weighted by molar-refractivity contribution is 7.22. The molecule has 4 aromatic rings. The number of anilines is 1. The van der Waals surface area contributed by atoms with E-state index in [1.54, 1.807) is 4.90 Å². The molecule has 6 nitrogen and oxygen atoms in total. The molecule has 160 valence electrons. The van der Waals surface area contributed by atoms with Crippen molar-refractivity contribution in [3.8, 4) is 5.75 Å². The Bertz CT molecular complexity index is 1210. The van der Waals surface area contributed by atoms with Crippen LogP contribution in [0.3, 0.4) is 0 Å². The van der Waals surface area contributed by atoms with Gasteiger partial charge in [0, 0.05) is 17.8 Å². The van der Waals surface area contributed by atoms with Gasteiger partial charge in [0.15, 0.2) is 5.13 Å². The van der Waals surface area contributed by atoms with Gasteiger partial charge in [-0.1, -0.05) is 35.1 Å². The van der Waals surface area contributed by atoms with Crippen LogP contribution < -0.4 is 9.64 Å². The first kappa shape index (κ1) is 21.1. The number of nitrogens with zero attached hydrogens (tertiary/aromatic N) is 4. The van der Waals surface area contributed by atoms with Crippen LogP contribution in [0.2, 0.25) is 0 Å². The maximum Gasteiger partial charge on any atom is 0.260 e. The molecule has 0 fully saturated rings. The van der Waals surface area contributed by atoms with Gasteiger partial charge in [-0.2, -0.15) is 5.10 Å². The fourth-order valence-corrected chi connectivity index (χ4v) is 4.54. The van der Waals surface area contributed by atoms with Crippen molar-refractivity contribution in [2.45, 2.75) is 34.2 Å². The minimum Gasteiger partial charge on any atom is -0.492 e. The second-order valence-electron chi connectivity index (χ2n) is 7.51. The summed E-state index contributed by atoms with van der Waals surface area (Å²) in [6.45, 7) is 9.59. The van der Waals surface area contributed by atoms with Gasteiger partial charge in [0.1, 0.15) is 11.3 Å². The summed E-state index contributed by atoms with van der Waals surface area (Å²) < 4.78 is 8.67. The Morgan fingerprint density at radius 2 is 1.90 bits per heavy atom. The Morgan fingerprint density at radius 1 is 1.13 bits per heavy atom. The second-order valence-corrected chi connectivity index (χ2v) is 8.51. The van der Waals surface area contributed by atoms with E-state index in [1.165, 1.54) is 11.3 Å². The third-order valence-electron chi connectivity index (χ3n) is 5.08. The topological polar surface area (TPSA) is 60.2 Å². The highest BCUT2D eigenvalue weighted by atomic mass is 32.1. The quantitative estimate of drug-likeness (QED) is 0.403. The average Bonchev–Trinajstić information content (AvgIpc) is 3.32. The molecule has 0 aliphatic carbocycles. The number of carbonyl (C=O) groups excluding carboxylic acids is 1. The van der Waals surface area contributed by atoms with Crippen LogP contribution in [0.4, 0.5) is 5.13 Å². The first-order chi connectivity index (χ1) is 15.0. The predicted octanol–water partition coefficient (Wildman–Crippen LogP) is 5.16. The van der Waals surface area contributed by atoms with E-state index < -0.39 is 0 Å². The Labute approximate surface area is 186 Å². The molecule has 0 bridgehead atoms. The molecule has 0 unspecified atom stereocenters. The molecule has 0 saturated carbocycles. The molecule has 1 amide bonds. The van der Waals surface area contributed by atoms with Gasteiger partial charge in [0.2, 0.25) is 0 Å². The summed E-state index contributed by atoms with van der Waals surface area (Å²) in [5, 5.41) is 5.20. The lowest BCUT2D eigenvalue weighted by Crippen LogP contribution is -2.34. The van der Waals surface area contributed by atoms with Crippen LogP contribution in [0.25, 0.3) is 10.2 Å².